The molecule has 0 bridgehead atoms. The molecule has 4 heteroatoms. The number of hydrogen-bond acceptors (Lipinski definition) is 3. The van der Waals surface area contributed by atoms with E-state index >= 15 is 0 Å². The summed E-state index contributed by atoms with van der Waals surface area (Å²) in [6, 6.07) is 3.84. The van der Waals surface area contributed by atoms with Gasteiger partial charge in [-0.25, -0.2) is 0 Å². The van der Waals surface area contributed by atoms with E-state index in [1.165, 1.54) is 0 Å². The molecule has 0 aliphatic heterocycles. The molecule has 1 aromatic heterocycles. The van der Waals surface area contributed by atoms with Crippen LogP contribution in [-0.4, -0.2) is 24.4 Å². The molecule has 0 radical (unpaired) electrons. The van der Waals surface area contributed by atoms with Crippen molar-refractivity contribution in [1.82, 2.24) is 4.90 Å². The Bertz CT molecular complexity index is 419. The molecule has 0 aromatic carbocycles. The zero-order valence-electron chi connectivity index (χ0n) is 11.2. The second-order valence-corrected chi connectivity index (χ2v) is 5.37. The fraction of sp³-hybridized carbons (Fsp3) is 0.643. The van der Waals surface area contributed by atoms with Crippen molar-refractivity contribution in [2.75, 3.05) is 13.6 Å². The van der Waals surface area contributed by atoms with Crippen LogP contribution in [0, 0.1) is 12.3 Å². The Hall–Kier alpha value is -1.29. The summed E-state index contributed by atoms with van der Waals surface area (Å²) in [7, 11) is 1.83. The molecule has 1 aliphatic carbocycles. The van der Waals surface area contributed by atoms with Gasteiger partial charge in [-0.2, -0.15) is 0 Å². The Kier molecular flexibility index (Phi) is 3.76. The molecule has 18 heavy (non-hydrogen) atoms. The van der Waals surface area contributed by atoms with Crippen molar-refractivity contribution in [3.8, 4) is 0 Å². The first-order chi connectivity index (χ1) is 8.57. The third-order valence-corrected chi connectivity index (χ3v) is 3.94. The minimum absolute atomic E-state index is 0.163. The first-order valence-corrected chi connectivity index (χ1v) is 6.58. The molecule has 2 N–H and O–H groups in total. The summed E-state index contributed by atoms with van der Waals surface area (Å²) >= 11 is 0. The molecule has 1 amide bonds. The number of furan rings is 1. The average Bonchev–Trinajstić information content (AvgIpc) is 2.98. The molecule has 0 unspecified atom stereocenters. The molecule has 0 saturated heterocycles. The summed E-state index contributed by atoms with van der Waals surface area (Å²) in [5, 5.41) is 0. The van der Waals surface area contributed by atoms with Crippen molar-refractivity contribution in [3.05, 3.63) is 23.7 Å². The maximum absolute atomic E-state index is 12.5. The second-order valence-electron chi connectivity index (χ2n) is 5.37. The van der Waals surface area contributed by atoms with Gasteiger partial charge < -0.3 is 15.1 Å². The van der Waals surface area contributed by atoms with Crippen LogP contribution in [0.4, 0.5) is 0 Å². The summed E-state index contributed by atoms with van der Waals surface area (Å²) < 4.78 is 5.51. The lowest BCUT2D eigenvalue weighted by Crippen LogP contribution is -2.44. The Morgan fingerprint density at radius 2 is 2.11 bits per heavy atom. The van der Waals surface area contributed by atoms with E-state index in [0.717, 1.165) is 37.2 Å². The molecule has 0 atom stereocenters. The SMILES string of the molecule is Cc1ccc(CN(C)C(=O)C2(CN)CCCC2)o1. The Morgan fingerprint density at radius 1 is 1.44 bits per heavy atom. The van der Waals surface area contributed by atoms with Crippen LogP contribution in [0.25, 0.3) is 0 Å². The van der Waals surface area contributed by atoms with Gasteiger partial charge in [-0.3, -0.25) is 4.79 Å². The summed E-state index contributed by atoms with van der Waals surface area (Å²) in [6.07, 6.45) is 4.06. The van der Waals surface area contributed by atoms with Crippen LogP contribution in [0.1, 0.15) is 37.2 Å². The average molecular weight is 250 g/mol. The van der Waals surface area contributed by atoms with E-state index < -0.39 is 0 Å². The van der Waals surface area contributed by atoms with Crippen molar-refractivity contribution in [3.63, 3.8) is 0 Å². The van der Waals surface area contributed by atoms with E-state index in [1.807, 2.05) is 26.1 Å². The highest BCUT2D eigenvalue weighted by Gasteiger charge is 2.41. The normalized spacial score (nSPS) is 17.9. The third kappa shape index (κ3) is 2.43. The molecule has 1 aromatic rings. The molecule has 100 valence electrons. The largest absolute Gasteiger partial charge is 0.464 e. The molecule has 1 fully saturated rings. The Morgan fingerprint density at radius 3 is 2.61 bits per heavy atom. The number of nitrogens with two attached hydrogens (primary N) is 1. The predicted octanol–water partition coefficient (Wildman–Crippen LogP) is 2.07. The first kappa shape index (κ1) is 13.1. The molecule has 1 saturated carbocycles. The summed E-state index contributed by atoms with van der Waals surface area (Å²) in [5.41, 5.74) is 5.51. The molecule has 0 spiro atoms. The number of amides is 1. The van der Waals surface area contributed by atoms with Crippen LogP contribution in [0.2, 0.25) is 0 Å². The molecule has 4 nitrogen and oxygen atoms in total. The van der Waals surface area contributed by atoms with Gasteiger partial charge in [0.05, 0.1) is 12.0 Å². The van der Waals surface area contributed by atoms with Gasteiger partial charge in [0.15, 0.2) is 0 Å². The van der Waals surface area contributed by atoms with Gasteiger partial charge in [0, 0.05) is 13.6 Å². The van der Waals surface area contributed by atoms with E-state index in [4.69, 9.17) is 10.2 Å². The predicted molar refractivity (Wildman–Crippen MR) is 69.9 cm³/mol. The van der Waals surface area contributed by atoms with E-state index in [1.54, 1.807) is 4.90 Å². The number of carbonyl (C=O) groups excluding carboxylic acids is 1. The molecular weight excluding hydrogens is 228 g/mol. The smallest absolute Gasteiger partial charge is 0.230 e. The third-order valence-electron chi connectivity index (χ3n) is 3.94. The fourth-order valence-electron chi connectivity index (χ4n) is 2.84. The summed E-state index contributed by atoms with van der Waals surface area (Å²) in [6.45, 7) is 2.88. The van der Waals surface area contributed by atoms with Crippen molar-refractivity contribution in [1.29, 1.82) is 0 Å². The topological polar surface area (TPSA) is 59.5 Å². The van der Waals surface area contributed by atoms with E-state index in [2.05, 4.69) is 0 Å². The Labute approximate surface area is 108 Å². The van der Waals surface area contributed by atoms with Crippen LogP contribution >= 0.6 is 0 Å². The van der Waals surface area contributed by atoms with Crippen LogP contribution in [0.3, 0.4) is 0 Å². The van der Waals surface area contributed by atoms with Crippen LogP contribution in [-0.2, 0) is 11.3 Å². The van der Waals surface area contributed by atoms with Crippen molar-refractivity contribution in [2.45, 2.75) is 39.2 Å². The monoisotopic (exact) mass is 250 g/mol. The highest BCUT2D eigenvalue weighted by molar-refractivity contribution is 5.83. The maximum Gasteiger partial charge on any atom is 0.230 e. The lowest BCUT2D eigenvalue weighted by molar-refractivity contribution is -0.140. The van der Waals surface area contributed by atoms with Crippen molar-refractivity contribution >= 4 is 5.91 Å². The van der Waals surface area contributed by atoms with Gasteiger partial charge in [0.1, 0.15) is 11.5 Å². The minimum atomic E-state index is -0.323. The fourth-order valence-corrected chi connectivity index (χ4v) is 2.84. The molecule has 1 aliphatic rings. The van der Waals surface area contributed by atoms with Gasteiger partial charge in [0.25, 0.3) is 0 Å². The van der Waals surface area contributed by atoms with Gasteiger partial charge in [-0.1, -0.05) is 12.8 Å². The van der Waals surface area contributed by atoms with Crippen LogP contribution in [0.15, 0.2) is 16.5 Å². The van der Waals surface area contributed by atoms with Crippen molar-refractivity contribution < 1.29 is 9.21 Å². The zero-order valence-corrected chi connectivity index (χ0v) is 11.2. The highest BCUT2D eigenvalue weighted by Crippen LogP contribution is 2.38. The van der Waals surface area contributed by atoms with Gasteiger partial charge in [0.2, 0.25) is 5.91 Å². The molecular formula is C14H22N2O2. The van der Waals surface area contributed by atoms with E-state index in [9.17, 15) is 4.79 Å². The summed E-state index contributed by atoms with van der Waals surface area (Å²) in [5.74, 6) is 1.87. The van der Waals surface area contributed by atoms with E-state index in [-0.39, 0.29) is 11.3 Å². The number of hydrogen-bond donors (Lipinski definition) is 1. The Balaban J connectivity index is 2.04. The summed E-state index contributed by atoms with van der Waals surface area (Å²) in [4.78, 5) is 14.3. The lowest BCUT2D eigenvalue weighted by Gasteiger charge is -2.30. The van der Waals surface area contributed by atoms with Crippen LogP contribution in [0.5, 0.6) is 0 Å². The quantitative estimate of drug-likeness (QED) is 0.890. The minimum Gasteiger partial charge on any atom is -0.464 e. The first-order valence-electron chi connectivity index (χ1n) is 6.58. The molecule has 1 heterocycles. The maximum atomic E-state index is 12.5. The number of aryl methyl sites for hydroxylation is 1. The van der Waals surface area contributed by atoms with Crippen molar-refractivity contribution in [2.24, 2.45) is 11.1 Å². The van der Waals surface area contributed by atoms with Crippen LogP contribution < -0.4 is 5.73 Å². The highest BCUT2D eigenvalue weighted by atomic mass is 16.3. The zero-order chi connectivity index (χ0) is 13.2. The second kappa shape index (κ2) is 5.14. The number of rotatable bonds is 4. The molecule has 2 rings (SSSR count). The number of nitrogens with zero attached hydrogens (tertiary/aromatic N) is 1. The lowest BCUT2D eigenvalue weighted by atomic mass is 9.85. The van der Waals surface area contributed by atoms with Gasteiger partial charge >= 0.3 is 0 Å². The van der Waals surface area contributed by atoms with Gasteiger partial charge in [-0.05, 0) is 31.9 Å². The standard InChI is InChI=1S/C14H22N2O2/c1-11-5-6-12(18-11)9-16(2)13(17)14(10-15)7-3-4-8-14/h5-6H,3-4,7-10,15H2,1-2H3. The number of carbonyl (C=O) groups is 1. The van der Waals surface area contributed by atoms with Gasteiger partial charge in [-0.15, -0.1) is 0 Å². The van der Waals surface area contributed by atoms with E-state index in [0.29, 0.717) is 13.1 Å².